The number of benzene rings is 1. The Labute approximate surface area is 96.4 Å². The molecule has 1 aromatic rings. The second-order valence-electron chi connectivity index (χ2n) is 4.22. The summed E-state index contributed by atoms with van der Waals surface area (Å²) in [7, 11) is 0. The van der Waals surface area contributed by atoms with Crippen LogP contribution < -0.4 is 0 Å². The van der Waals surface area contributed by atoms with E-state index in [0.29, 0.717) is 5.56 Å². The first-order chi connectivity index (χ1) is 7.57. The molecule has 90 valence electrons. The smallest absolute Gasteiger partial charge is 0.110 e. The molecule has 0 aliphatic carbocycles. The Bertz CT molecular complexity index is 299. The van der Waals surface area contributed by atoms with Crippen molar-refractivity contribution in [3.63, 3.8) is 0 Å². The first-order valence-corrected chi connectivity index (χ1v) is 5.67. The summed E-state index contributed by atoms with van der Waals surface area (Å²) in [5, 5.41) is 29.5. The van der Waals surface area contributed by atoms with Gasteiger partial charge in [0.05, 0.1) is 6.10 Å². The van der Waals surface area contributed by atoms with Crippen LogP contribution in [-0.4, -0.2) is 27.5 Å². The van der Waals surface area contributed by atoms with Gasteiger partial charge in [0.2, 0.25) is 0 Å². The molecule has 16 heavy (non-hydrogen) atoms. The Morgan fingerprint density at radius 1 is 1.00 bits per heavy atom. The summed E-state index contributed by atoms with van der Waals surface area (Å²) in [5.41, 5.74) is 0.623. The van der Waals surface area contributed by atoms with Crippen molar-refractivity contribution in [3.8, 4) is 0 Å². The summed E-state index contributed by atoms with van der Waals surface area (Å²) in [4.78, 5) is 0. The lowest BCUT2D eigenvalue weighted by Gasteiger charge is -2.26. The molecule has 0 bridgehead atoms. The molecule has 3 nitrogen and oxygen atoms in total. The molecule has 0 amide bonds. The Hall–Kier alpha value is -0.900. The molecule has 1 aromatic carbocycles. The van der Waals surface area contributed by atoms with Gasteiger partial charge in [-0.25, -0.2) is 0 Å². The molecule has 0 aliphatic heterocycles. The van der Waals surface area contributed by atoms with Crippen molar-refractivity contribution in [1.82, 2.24) is 0 Å². The predicted molar refractivity (Wildman–Crippen MR) is 62.9 cm³/mol. The lowest BCUT2D eigenvalue weighted by molar-refractivity contribution is -0.0801. The van der Waals surface area contributed by atoms with E-state index in [2.05, 4.69) is 0 Å². The largest absolute Gasteiger partial charge is 0.390 e. The molecule has 0 radical (unpaired) electrons. The van der Waals surface area contributed by atoms with Crippen LogP contribution in [0.5, 0.6) is 0 Å². The first kappa shape index (κ1) is 13.2. The summed E-state index contributed by atoms with van der Waals surface area (Å²) in [5.74, 6) is -0.0339. The normalized spacial score (nSPS) is 18.8. The van der Waals surface area contributed by atoms with E-state index in [4.69, 9.17) is 0 Å². The van der Waals surface area contributed by atoms with Crippen LogP contribution in [-0.2, 0) is 0 Å². The Morgan fingerprint density at radius 3 is 2.06 bits per heavy atom. The van der Waals surface area contributed by atoms with Crippen LogP contribution in [0.1, 0.15) is 31.9 Å². The van der Waals surface area contributed by atoms with E-state index in [1.165, 1.54) is 0 Å². The van der Waals surface area contributed by atoms with E-state index >= 15 is 0 Å². The molecule has 0 aromatic heterocycles. The second kappa shape index (κ2) is 5.99. The van der Waals surface area contributed by atoms with E-state index in [0.717, 1.165) is 6.42 Å². The van der Waals surface area contributed by atoms with Gasteiger partial charge in [-0.15, -0.1) is 0 Å². The van der Waals surface area contributed by atoms with Gasteiger partial charge in [-0.2, -0.15) is 0 Å². The summed E-state index contributed by atoms with van der Waals surface area (Å²) in [6, 6.07) is 8.89. The van der Waals surface area contributed by atoms with Crippen molar-refractivity contribution in [2.45, 2.75) is 38.6 Å². The summed E-state index contributed by atoms with van der Waals surface area (Å²) < 4.78 is 0. The Morgan fingerprint density at radius 2 is 1.56 bits per heavy atom. The lowest BCUT2D eigenvalue weighted by Crippen LogP contribution is -2.36. The molecule has 0 saturated heterocycles. The van der Waals surface area contributed by atoms with Crippen LogP contribution >= 0.6 is 0 Å². The van der Waals surface area contributed by atoms with Crippen LogP contribution in [0.4, 0.5) is 0 Å². The standard InChI is InChI=1S/C13H20O3/c1-3-9(2)11(14)13(16)12(15)10-7-5-4-6-8-10/h4-9,11-16H,3H2,1-2H3. The third-order valence-electron chi connectivity index (χ3n) is 3.04. The predicted octanol–water partition coefficient (Wildman–Crippen LogP) is 1.49. The van der Waals surface area contributed by atoms with Gasteiger partial charge >= 0.3 is 0 Å². The van der Waals surface area contributed by atoms with E-state index in [1.807, 2.05) is 19.9 Å². The maximum absolute atomic E-state index is 9.89. The highest BCUT2D eigenvalue weighted by atomic mass is 16.4. The van der Waals surface area contributed by atoms with Gasteiger partial charge in [0, 0.05) is 0 Å². The molecule has 0 heterocycles. The van der Waals surface area contributed by atoms with Crippen molar-refractivity contribution in [2.75, 3.05) is 0 Å². The molecule has 3 heteroatoms. The zero-order valence-corrected chi connectivity index (χ0v) is 9.74. The van der Waals surface area contributed by atoms with E-state index in [9.17, 15) is 15.3 Å². The lowest BCUT2D eigenvalue weighted by atomic mass is 9.91. The number of hydrogen-bond acceptors (Lipinski definition) is 3. The SMILES string of the molecule is CCC(C)C(O)C(O)C(O)c1ccccc1. The zero-order chi connectivity index (χ0) is 12.1. The van der Waals surface area contributed by atoms with Crippen LogP contribution in [0.3, 0.4) is 0 Å². The molecule has 3 N–H and O–H groups in total. The van der Waals surface area contributed by atoms with Gasteiger partial charge in [-0.05, 0) is 11.5 Å². The minimum absolute atomic E-state index is 0.0339. The average Bonchev–Trinajstić information content (AvgIpc) is 2.36. The van der Waals surface area contributed by atoms with Crippen LogP contribution in [0, 0.1) is 5.92 Å². The maximum atomic E-state index is 9.89. The van der Waals surface area contributed by atoms with Crippen LogP contribution in [0.2, 0.25) is 0 Å². The molecule has 0 aliphatic rings. The zero-order valence-electron chi connectivity index (χ0n) is 9.74. The highest BCUT2D eigenvalue weighted by Crippen LogP contribution is 2.22. The van der Waals surface area contributed by atoms with E-state index in [-0.39, 0.29) is 5.92 Å². The molecular formula is C13H20O3. The van der Waals surface area contributed by atoms with E-state index < -0.39 is 18.3 Å². The fourth-order valence-electron chi connectivity index (χ4n) is 1.61. The molecule has 1 rings (SSSR count). The highest BCUT2D eigenvalue weighted by Gasteiger charge is 2.28. The Balaban J connectivity index is 2.71. The number of hydrogen-bond donors (Lipinski definition) is 3. The Kier molecular flexibility index (Phi) is 4.93. The van der Waals surface area contributed by atoms with Crippen molar-refractivity contribution in [1.29, 1.82) is 0 Å². The third-order valence-corrected chi connectivity index (χ3v) is 3.04. The highest BCUT2D eigenvalue weighted by molar-refractivity contribution is 5.18. The second-order valence-corrected chi connectivity index (χ2v) is 4.22. The minimum Gasteiger partial charge on any atom is -0.390 e. The molecule has 4 unspecified atom stereocenters. The van der Waals surface area contributed by atoms with Gasteiger partial charge in [0.1, 0.15) is 12.2 Å². The van der Waals surface area contributed by atoms with Gasteiger partial charge in [0.25, 0.3) is 0 Å². The van der Waals surface area contributed by atoms with Gasteiger partial charge in [-0.3, -0.25) is 0 Å². The molecule has 0 saturated carbocycles. The van der Waals surface area contributed by atoms with Gasteiger partial charge < -0.3 is 15.3 Å². The number of rotatable bonds is 5. The third kappa shape index (κ3) is 3.04. The van der Waals surface area contributed by atoms with Crippen molar-refractivity contribution >= 4 is 0 Å². The quantitative estimate of drug-likeness (QED) is 0.710. The topological polar surface area (TPSA) is 60.7 Å². The first-order valence-electron chi connectivity index (χ1n) is 5.67. The fourth-order valence-corrected chi connectivity index (χ4v) is 1.61. The summed E-state index contributed by atoms with van der Waals surface area (Å²) in [6.07, 6.45) is -2.32. The van der Waals surface area contributed by atoms with Crippen LogP contribution in [0.15, 0.2) is 30.3 Å². The van der Waals surface area contributed by atoms with Crippen molar-refractivity contribution in [2.24, 2.45) is 5.92 Å². The number of aliphatic hydroxyl groups excluding tert-OH is 3. The van der Waals surface area contributed by atoms with Crippen molar-refractivity contribution < 1.29 is 15.3 Å². The maximum Gasteiger partial charge on any atom is 0.110 e. The fraction of sp³-hybridized carbons (Fsp3) is 0.538. The minimum atomic E-state index is -1.14. The van der Waals surface area contributed by atoms with Crippen LogP contribution in [0.25, 0.3) is 0 Å². The molecular weight excluding hydrogens is 204 g/mol. The van der Waals surface area contributed by atoms with E-state index in [1.54, 1.807) is 24.3 Å². The van der Waals surface area contributed by atoms with Crippen molar-refractivity contribution in [3.05, 3.63) is 35.9 Å². The molecule has 0 spiro atoms. The van der Waals surface area contributed by atoms with Gasteiger partial charge in [-0.1, -0.05) is 50.6 Å². The average molecular weight is 224 g/mol. The molecule has 4 atom stereocenters. The van der Waals surface area contributed by atoms with Gasteiger partial charge in [0.15, 0.2) is 0 Å². The number of aliphatic hydroxyl groups is 3. The summed E-state index contributed by atoms with van der Waals surface area (Å²) in [6.45, 7) is 3.79. The molecule has 0 fully saturated rings. The summed E-state index contributed by atoms with van der Waals surface area (Å²) >= 11 is 0. The monoisotopic (exact) mass is 224 g/mol.